The van der Waals surface area contributed by atoms with Crippen molar-refractivity contribution >= 4 is 58.2 Å². The lowest BCUT2D eigenvalue weighted by Crippen LogP contribution is -2.49. The molecule has 0 bridgehead atoms. The Balaban J connectivity index is 1.46. The second kappa shape index (κ2) is 8.41. The van der Waals surface area contributed by atoms with Gasteiger partial charge in [-0.1, -0.05) is 60.9 Å². The topological polar surface area (TPSA) is 70.2 Å². The summed E-state index contributed by atoms with van der Waals surface area (Å²) >= 11 is 14.3. The third-order valence-corrected chi connectivity index (χ3v) is 8.00. The predicted octanol–water partition coefficient (Wildman–Crippen LogP) is 6.40. The molecule has 176 valence electrons. The summed E-state index contributed by atoms with van der Waals surface area (Å²) < 4.78 is 0. The normalized spacial score (nSPS) is 18.3. The second-order valence-corrected chi connectivity index (χ2v) is 12.1. The first-order chi connectivity index (χ1) is 16.1. The first-order valence-corrected chi connectivity index (χ1v) is 12.6. The highest BCUT2D eigenvalue weighted by Gasteiger charge is 2.43. The summed E-state index contributed by atoms with van der Waals surface area (Å²) in [7, 11) is 0. The Labute approximate surface area is 213 Å². The van der Waals surface area contributed by atoms with E-state index >= 15 is 0 Å². The predicted molar refractivity (Wildman–Crippen MR) is 140 cm³/mol. The van der Waals surface area contributed by atoms with Gasteiger partial charge in [0, 0.05) is 30.4 Å². The van der Waals surface area contributed by atoms with E-state index in [9.17, 15) is 4.79 Å². The van der Waals surface area contributed by atoms with Crippen molar-refractivity contribution in [3.63, 3.8) is 0 Å². The van der Waals surface area contributed by atoms with Crippen LogP contribution in [0.2, 0.25) is 10.0 Å². The van der Waals surface area contributed by atoms with Gasteiger partial charge in [-0.15, -0.1) is 0 Å². The van der Waals surface area contributed by atoms with Crippen molar-refractivity contribution < 1.29 is 4.79 Å². The highest BCUT2D eigenvalue weighted by atomic mass is 35.5. The smallest absolute Gasteiger partial charge is 0.263 e. The van der Waals surface area contributed by atoms with E-state index in [2.05, 4.69) is 52.6 Å². The Morgan fingerprint density at radius 1 is 1.12 bits per heavy atom. The molecular formula is C25H25Cl2N5OS. The van der Waals surface area contributed by atoms with Crippen molar-refractivity contribution in [1.29, 1.82) is 0 Å². The standard InChI is InChI=1S/C25H25Cl2N5OS/c1-24(2)13-28-11-14-10-15(8-9-17(14)24)30-23-29-12-16-21(31-23)34-25(3,4)32(22(16)33)20-18(26)6-5-7-19(20)27/h5-10,12,28H,11,13H2,1-4H3,(H,29,30,31). The average molecular weight is 514 g/mol. The molecule has 0 unspecified atom stereocenters. The summed E-state index contributed by atoms with van der Waals surface area (Å²) in [5.41, 5.74) is 4.53. The van der Waals surface area contributed by atoms with E-state index in [-0.39, 0.29) is 11.3 Å². The number of hydrogen-bond acceptors (Lipinski definition) is 6. The van der Waals surface area contributed by atoms with Crippen LogP contribution >= 0.6 is 35.0 Å². The maximum absolute atomic E-state index is 13.5. The first kappa shape index (κ1) is 23.4. The Morgan fingerprint density at radius 2 is 1.85 bits per heavy atom. The van der Waals surface area contributed by atoms with E-state index in [4.69, 9.17) is 23.2 Å². The zero-order chi connectivity index (χ0) is 24.3. The van der Waals surface area contributed by atoms with Crippen LogP contribution in [-0.4, -0.2) is 27.3 Å². The number of fused-ring (bicyclic) bond motifs is 2. The Bertz CT molecular complexity index is 1290. The van der Waals surface area contributed by atoms with Crippen LogP contribution in [0.4, 0.5) is 17.3 Å². The number of carbonyl (C=O) groups excluding carboxylic acids is 1. The van der Waals surface area contributed by atoms with E-state index in [0.29, 0.717) is 32.3 Å². The Morgan fingerprint density at radius 3 is 2.59 bits per heavy atom. The summed E-state index contributed by atoms with van der Waals surface area (Å²) in [5.74, 6) is 0.212. The fourth-order valence-corrected chi connectivity index (χ4v) is 6.27. The molecule has 0 atom stereocenters. The van der Waals surface area contributed by atoms with Crippen LogP contribution < -0.4 is 15.5 Å². The van der Waals surface area contributed by atoms with Crippen LogP contribution in [0.25, 0.3) is 0 Å². The molecule has 2 aromatic carbocycles. The maximum Gasteiger partial charge on any atom is 0.263 e. The molecule has 2 aliphatic heterocycles. The molecule has 1 amide bonds. The fourth-order valence-electron chi connectivity index (χ4n) is 4.58. The summed E-state index contributed by atoms with van der Waals surface area (Å²) in [5, 5.41) is 8.24. The van der Waals surface area contributed by atoms with Gasteiger partial charge in [-0.3, -0.25) is 9.69 Å². The second-order valence-electron chi connectivity index (χ2n) is 9.66. The first-order valence-electron chi connectivity index (χ1n) is 11.0. The van der Waals surface area contributed by atoms with E-state index in [1.54, 1.807) is 29.3 Å². The zero-order valence-electron chi connectivity index (χ0n) is 19.4. The minimum atomic E-state index is -0.659. The third-order valence-electron chi connectivity index (χ3n) is 6.21. The van der Waals surface area contributed by atoms with Crippen molar-refractivity contribution in [3.8, 4) is 0 Å². The van der Waals surface area contributed by atoms with Gasteiger partial charge in [-0.25, -0.2) is 9.97 Å². The minimum Gasteiger partial charge on any atom is -0.324 e. The molecule has 3 aromatic rings. The molecule has 0 radical (unpaired) electrons. The summed E-state index contributed by atoms with van der Waals surface area (Å²) in [4.78, 5) is 23.6. The number of nitrogens with zero attached hydrogens (tertiary/aromatic N) is 3. The zero-order valence-corrected chi connectivity index (χ0v) is 21.7. The molecular weight excluding hydrogens is 489 g/mol. The van der Waals surface area contributed by atoms with Gasteiger partial charge in [0.05, 0.1) is 26.2 Å². The lowest BCUT2D eigenvalue weighted by atomic mass is 9.79. The number of hydrogen-bond donors (Lipinski definition) is 2. The van der Waals surface area contributed by atoms with Crippen molar-refractivity contribution in [3.05, 3.63) is 69.3 Å². The van der Waals surface area contributed by atoms with Gasteiger partial charge in [0.1, 0.15) is 5.03 Å². The van der Waals surface area contributed by atoms with E-state index in [1.807, 2.05) is 13.8 Å². The molecule has 0 spiro atoms. The fraction of sp³-hybridized carbons (Fsp3) is 0.320. The SMILES string of the molecule is CC1(C)CNCc2cc(Nc3ncc4c(n3)SC(C)(C)N(c3c(Cl)cccc3Cl)C4=O)ccc21. The Kier molecular flexibility index (Phi) is 5.80. The number of amides is 1. The lowest BCUT2D eigenvalue weighted by Gasteiger charge is -2.42. The van der Waals surface area contributed by atoms with Gasteiger partial charge in [0.15, 0.2) is 0 Å². The monoisotopic (exact) mass is 513 g/mol. The molecule has 6 nitrogen and oxygen atoms in total. The molecule has 1 aromatic heterocycles. The molecule has 0 saturated heterocycles. The van der Waals surface area contributed by atoms with E-state index in [0.717, 1.165) is 18.8 Å². The van der Waals surface area contributed by atoms with Crippen LogP contribution in [0.15, 0.2) is 47.6 Å². The van der Waals surface area contributed by atoms with Gasteiger partial charge < -0.3 is 10.6 Å². The highest BCUT2D eigenvalue weighted by molar-refractivity contribution is 8.00. The third kappa shape index (κ3) is 4.05. The van der Waals surface area contributed by atoms with E-state index in [1.165, 1.54) is 22.9 Å². The molecule has 3 heterocycles. The molecule has 9 heteroatoms. The summed E-state index contributed by atoms with van der Waals surface area (Å²) in [6.45, 7) is 10.2. The Hall–Kier alpha value is -2.32. The maximum atomic E-state index is 13.5. The van der Waals surface area contributed by atoms with Crippen molar-refractivity contribution in [2.45, 2.75) is 49.6 Å². The molecule has 5 rings (SSSR count). The average Bonchev–Trinajstić information content (AvgIpc) is 2.75. The molecule has 0 aliphatic carbocycles. The number of thioether (sulfide) groups is 1. The van der Waals surface area contributed by atoms with Crippen molar-refractivity contribution in [2.24, 2.45) is 0 Å². The van der Waals surface area contributed by atoms with Gasteiger partial charge >= 0.3 is 0 Å². The molecule has 0 saturated carbocycles. The number of carbonyl (C=O) groups is 1. The molecule has 34 heavy (non-hydrogen) atoms. The number of para-hydroxylation sites is 1. The quantitative estimate of drug-likeness (QED) is 0.395. The number of anilines is 3. The van der Waals surface area contributed by atoms with Crippen LogP contribution in [-0.2, 0) is 12.0 Å². The van der Waals surface area contributed by atoms with Crippen LogP contribution in [0.1, 0.15) is 49.2 Å². The van der Waals surface area contributed by atoms with Crippen molar-refractivity contribution in [2.75, 3.05) is 16.8 Å². The number of aromatic nitrogens is 2. The number of halogens is 2. The largest absolute Gasteiger partial charge is 0.324 e. The molecule has 2 N–H and O–H groups in total. The van der Waals surface area contributed by atoms with Gasteiger partial charge in [0.25, 0.3) is 5.91 Å². The molecule has 2 aliphatic rings. The van der Waals surface area contributed by atoms with E-state index < -0.39 is 4.87 Å². The number of benzene rings is 2. The number of rotatable bonds is 3. The lowest BCUT2D eigenvalue weighted by molar-refractivity contribution is 0.0969. The molecule has 0 fully saturated rings. The van der Waals surface area contributed by atoms with Crippen LogP contribution in [0.3, 0.4) is 0 Å². The summed E-state index contributed by atoms with van der Waals surface area (Å²) in [6.07, 6.45) is 1.57. The van der Waals surface area contributed by atoms with Crippen molar-refractivity contribution in [1.82, 2.24) is 15.3 Å². The minimum absolute atomic E-state index is 0.0907. The number of nitrogens with one attached hydrogen (secondary N) is 2. The van der Waals surface area contributed by atoms with Gasteiger partial charge in [-0.2, -0.15) is 0 Å². The van der Waals surface area contributed by atoms with Crippen LogP contribution in [0.5, 0.6) is 0 Å². The highest BCUT2D eigenvalue weighted by Crippen LogP contribution is 2.48. The van der Waals surface area contributed by atoms with Crippen LogP contribution in [0, 0.1) is 0 Å². The van der Waals surface area contributed by atoms with Gasteiger partial charge in [0.2, 0.25) is 5.95 Å². The summed E-state index contributed by atoms with van der Waals surface area (Å²) in [6, 6.07) is 11.6. The van der Waals surface area contributed by atoms with Gasteiger partial charge in [-0.05, 0) is 49.2 Å².